The molecular formula is C18H25NO3. The number of hydrogen-bond acceptors (Lipinski definition) is 3. The number of rotatable bonds is 5. The maximum atomic E-state index is 12.7. The molecule has 2 aliphatic heterocycles. The van der Waals surface area contributed by atoms with Gasteiger partial charge in [-0.3, -0.25) is 4.79 Å². The molecule has 3 rings (SSSR count). The maximum Gasteiger partial charge on any atom is 0.252 e. The Bertz CT molecular complexity index is 484. The van der Waals surface area contributed by atoms with Crippen molar-refractivity contribution in [1.82, 2.24) is 4.90 Å². The van der Waals surface area contributed by atoms with Crippen LogP contribution in [0.4, 0.5) is 0 Å². The summed E-state index contributed by atoms with van der Waals surface area (Å²) in [5.41, 5.74) is 1.25. The van der Waals surface area contributed by atoms with Gasteiger partial charge >= 0.3 is 0 Å². The number of amides is 1. The van der Waals surface area contributed by atoms with E-state index in [9.17, 15) is 4.79 Å². The van der Waals surface area contributed by atoms with Crippen LogP contribution in [0.15, 0.2) is 30.3 Å². The van der Waals surface area contributed by atoms with Crippen molar-refractivity contribution < 1.29 is 14.3 Å². The number of benzene rings is 1. The lowest BCUT2D eigenvalue weighted by atomic mass is 10.0. The Morgan fingerprint density at radius 1 is 1.32 bits per heavy atom. The van der Waals surface area contributed by atoms with Crippen molar-refractivity contribution in [3.8, 4) is 0 Å². The largest absolute Gasteiger partial charge is 0.376 e. The summed E-state index contributed by atoms with van der Waals surface area (Å²) in [5.74, 6) is 0.153. The average molecular weight is 303 g/mol. The molecule has 2 fully saturated rings. The summed E-state index contributed by atoms with van der Waals surface area (Å²) < 4.78 is 11.5. The molecule has 0 N–H and O–H groups in total. The molecule has 0 bridgehead atoms. The summed E-state index contributed by atoms with van der Waals surface area (Å²) in [6.07, 6.45) is 3.51. The summed E-state index contributed by atoms with van der Waals surface area (Å²) in [7, 11) is 0. The molecule has 0 saturated carbocycles. The number of nitrogens with zero attached hydrogens (tertiary/aromatic N) is 1. The van der Waals surface area contributed by atoms with E-state index in [4.69, 9.17) is 9.47 Å². The van der Waals surface area contributed by atoms with E-state index in [1.165, 1.54) is 5.56 Å². The predicted molar refractivity (Wildman–Crippen MR) is 84.7 cm³/mol. The second-order valence-corrected chi connectivity index (χ2v) is 6.07. The lowest BCUT2D eigenvalue weighted by Crippen LogP contribution is -2.46. The van der Waals surface area contributed by atoms with Crippen molar-refractivity contribution in [3.05, 3.63) is 35.9 Å². The number of carbonyl (C=O) groups is 1. The van der Waals surface area contributed by atoms with Gasteiger partial charge in [-0.2, -0.15) is 0 Å². The van der Waals surface area contributed by atoms with Crippen LogP contribution in [0.3, 0.4) is 0 Å². The maximum absolute atomic E-state index is 12.7. The first-order valence-corrected chi connectivity index (χ1v) is 8.37. The molecule has 1 aromatic rings. The van der Waals surface area contributed by atoms with E-state index in [1.807, 2.05) is 30.0 Å². The second-order valence-electron chi connectivity index (χ2n) is 6.07. The fourth-order valence-electron chi connectivity index (χ4n) is 3.56. The highest BCUT2D eigenvalue weighted by molar-refractivity contribution is 5.82. The first kappa shape index (κ1) is 15.5. The van der Waals surface area contributed by atoms with Crippen LogP contribution < -0.4 is 0 Å². The van der Waals surface area contributed by atoms with E-state index in [0.717, 1.165) is 32.2 Å². The Morgan fingerprint density at radius 2 is 2.14 bits per heavy atom. The molecule has 0 aromatic heterocycles. The van der Waals surface area contributed by atoms with E-state index in [2.05, 4.69) is 12.1 Å². The second kappa shape index (κ2) is 7.25. The van der Waals surface area contributed by atoms with Gasteiger partial charge in [-0.05, 0) is 38.2 Å². The Morgan fingerprint density at radius 3 is 2.82 bits per heavy atom. The van der Waals surface area contributed by atoms with Crippen LogP contribution in [0.2, 0.25) is 0 Å². The highest BCUT2D eigenvalue weighted by Crippen LogP contribution is 2.27. The zero-order valence-electron chi connectivity index (χ0n) is 13.2. The van der Waals surface area contributed by atoms with Crippen LogP contribution in [0.5, 0.6) is 0 Å². The van der Waals surface area contributed by atoms with Gasteiger partial charge in [0.1, 0.15) is 6.10 Å². The third-order valence-electron chi connectivity index (χ3n) is 4.64. The fraction of sp³-hybridized carbons (Fsp3) is 0.611. The molecule has 3 atom stereocenters. The predicted octanol–water partition coefficient (Wildman–Crippen LogP) is 2.41. The van der Waals surface area contributed by atoms with Gasteiger partial charge in [0.05, 0.1) is 12.1 Å². The van der Waals surface area contributed by atoms with Gasteiger partial charge in [0.15, 0.2) is 0 Å². The molecule has 0 radical (unpaired) electrons. The minimum absolute atomic E-state index is 0.124. The molecule has 120 valence electrons. The van der Waals surface area contributed by atoms with Gasteiger partial charge in [-0.1, -0.05) is 30.3 Å². The van der Waals surface area contributed by atoms with Crippen molar-refractivity contribution in [1.29, 1.82) is 0 Å². The molecule has 0 spiro atoms. The minimum Gasteiger partial charge on any atom is -0.376 e. The molecule has 2 aliphatic rings. The lowest BCUT2D eigenvalue weighted by molar-refractivity contribution is -0.143. The molecule has 1 aromatic carbocycles. The third kappa shape index (κ3) is 3.33. The molecular weight excluding hydrogens is 278 g/mol. The van der Waals surface area contributed by atoms with Crippen molar-refractivity contribution in [2.24, 2.45) is 0 Å². The van der Waals surface area contributed by atoms with Gasteiger partial charge in [-0.25, -0.2) is 0 Å². The molecule has 4 nitrogen and oxygen atoms in total. The molecule has 2 saturated heterocycles. The van der Waals surface area contributed by atoms with E-state index < -0.39 is 0 Å². The summed E-state index contributed by atoms with van der Waals surface area (Å²) in [6.45, 7) is 4.20. The van der Waals surface area contributed by atoms with Crippen molar-refractivity contribution >= 4 is 5.91 Å². The van der Waals surface area contributed by atoms with Crippen molar-refractivity contribution in [2.45, 2.75) is 50.9 Å². The number of hydrogen-bond donors (Lipinski definition) is 0. The highest BCUT2D eigenvalue weighted by atomic mass is 16.5. The Hall–Kier alpha value is -1.39. The molecule has 1 amide bonds. The summed E-state index contributed by atoms with van der Waals surface area (Å²) in [4.78, 5) is 14.7. The molecule has 4 heteroatoms. The van der Waals surface area contributed by atoms with Crippen LogP contribution in [0.1, 0.15) is 31.7 Å². The third-order valence-corrected chi connectivity index (χ3v) is 4.64. The SMILES string of the molecule is CCO[C@H]1CCN(C(=O)[C@H]2CCCO2)[C@H]1Cc1ccccc1. The first-order valence-electron chi connectivity index (χ1n) is 8.37. The Balaban J connectivity index is 1.74. The fourth-order valence-corrected chi connectivity index (χ4v) is 3.56. The summed E-state index contributed by atoms with van der Waals surface area (Å²) in [5, 5.41) is 0. The van der Waals surface area contributed by atoms with Gasteiger partial charge in [0.2, 0.25) is 0 Å². The number of ether oxygens (including phenoxy) is 2. The van der Waals surface area contributed by atoms with E-state index in [-0.39, 0.29) is 24.2 Å². The lowest BCUT2D eigenvalue weighted by Gasteiger charge is -2.30. The minimum atomic E-state index is -0.237. The monoisotopic (exact) mass is 303 g/mol. The smallest absolute Gasteiger partial charge is 0.252 e. The van der Waals surface area contributed by atoms with Crippen LogP contribution in [-0.4, -0.2) is 48.8 Å². The van der Waals surface area contributed by atoms with Gasteiger partial charge in [0, 0.05) is 19.8 Å². The first-order chi connectivity index (χ1) is 10.8. The quantitative estimate of drug-likeness (QED) is 0.838. The van der Waals surface area contributed by atoms with Crippen LogP contribution in [0, 0.1) is 0 Å². The number of likely N-dealkylation sites (tertiary alicyclic amines) is 1. The van der Waals surface area contributed by atoms with Crippen LogP contribution in [-0.2, 0) is 20.7 Å². The van der Waals surface area contributed by atoms with Crippen LogP contribution in [0.25, 0.3) is 0 Å². The molecule has 22 heavy (non-hydrogen) atoms. The topological polar surface area (TPSA) is 38.8 Å². The van der Waals surface area contributed by atoms with Crippen molar-refractivity contribution in [3.63, 3.8) is 0 Å². The van der Waals surface area contributed by atoms with Crippen LogP contribution >= 0.6 is 0 Å². The van der Waals surface area contributed by atoms with E-state index in [1.54, 1.807) is 0 Å². The number of carbonyl (C=O) groups excluding carboxylic acids is 1. The zero-order valence-corrected chi connectivity index (χ0v) is 13.2. The van der Waals surface area contributed by atoms with Crippen molar-refractivity contribution in [2.75, 3.05) is 19.8 Å². The molecule has 0 aliphatic carbocycles. The molecule has 2 heterocycles. The van der Waals surface area contributed by atoms with Gasteiger partial charge < -0.3 is 14.4 Å². The van der Waals surface area contributed by atoms with Gasteiger partial charge in [0.25, 0.3) is 5.91 Å². The molecule has 0 unspecified atom stereocenters. The standard InChI is InChI=1S/C18H25NO3/c1-2-21-16-10-11-19(18(20)17-9-6-12-22-17)15(16)13-14-7-4-3-5-8-14/h3-5,7-8,15-17H,2,6,9-13H2,1H3/t15-,16-,17+/m0/s1. The Labute approximate surface area is 132 Å². The average Bonchev–Trinajstić information content (AvgIpc) is 3.19. The highest BCUT2D eigenvalue weighted by Gasteiger charge is 2.40. The van der Waals surface area contributed by atoms with Gasteiger partial charge in [-0.15, -0.1) is 0 Å². The normalized spacial score (nSPS) is 28.2. The summed E-state index contributed by atoms with van der Waals surface area (Å²) in [6, 6.07) is 10.5. The van der Waals surface area contributed by atoms with E-state index >= 15 is 0 Å². The van der Waals surface area contributed by atoms with E-state index in [0.29, 0.717) is 13.2 Å². The summed E-state index contributed by atoms with van der Waals surface area (Å²) >= 11 is 0. The zero-order chi connectivity index (χ0) is 15.4. The Kier molecular flexibility index (Phi) is 5.11.